The van der Waals surface area contributed by atoms with Crippen molar-refractivity contribution in [1.82, 2.24) is 19.7 Å². The Labute approximate surface area is 104 Å². The Morgan fingerprint density at radius 3 is 2.76 bits per heavy atom. The number of aromatic nitrogens is 4. The lowest BCUT2D eigenvalue weighted by Crippen LogP contribution is -2.01. The predicted octanol–water partition coefficient (Wildman–Crippen LogP) is 1.70. The van der Waals surface area contributed by atoms with Crippen molar-refractivity contribution in [2.45, 2.75) is 24.8 Å². The Morgan fingerprint density at radius 2 is 2.12 bits per heavy atom. The third-order valence-corrected chi connectivity index (χ3v) is 3.73. The molecule has 6 heteroatoms. The number of rotatable bonds is 3. The maximum absolute atomic E-state index is 5.98. The van der Waals surface area contributed by atoms with E-state index < -0.39 is 0 Å². The van der Waals surface area contributed by atoms with Crippen LogP contribution in [0.15, 0.2) is 17.7 Å². The molecule has 0 unspecified atom stereocenters. The summed E-state index contributed by atoms with van der Waals surface area (Å²) in [6.07, 6.45) is 3.36. The van der Waals surface area contributed by atoms with Crippen LogP contribution in [0.3, 0.4) is 0 Å². The van der Waals surface area contributed by atoms with Crippen molar-refractivity contribution in [3.05, 3.63) is 29.3 Å². The maximum Gasteiger partial charge on any atom is 0.186 e. The molecule has 0 aliphatic carbocycles. The summed E-state index contributed by atoms with van der Waals surface area (Å²) >= 11 is 1.61. The molecule has 0 saturated heterocycles. The highest BCUT2D eigenvalue weighted by Crippen LogP contribution is 2.24. The summed E-state index contributed by atoms with van der Waals surface area (Å²) < 4.78 is 1.75. The van der Waals surface area contributed by atoms with Crippen molar-refractivity contribution in [3.8, 4) is 0 Å². The number of hydrogen-bond donors (Lipinski definition) is 1. The highest BCUT2D eigenvalue weighted by Gasteiger charge is 2.08. The molecule has 0 aliphatic heterocycles. The zero-order chi connectivity index (χ0) is 12.4. The number of nitrogens with zero attached hydrogens (tertiary/aromatic N) is 4. The van der Waals surface area contributed by atoms with Crippen molar-refractivity contribution in [1.29, 1.82) is 0 Å². The van der Waals surface area contributed by atoms with Gasteiger partial charge in [-0.2, -0.15) is 5.10 Å². The van der Waals surface area contributed by atoms with Crippen LogP contribution >= 0.6 is 11.8 Å². The molecule has 0 amide bonds. The fraction of sp³-hybridized carbons (Fsp3) is 0.364. The number of pyridine rings is 1. The molecule has 90 valence electrons. The fourth-order valence-corrected chi connectivity index (χ4v) is 2.40. The van der Waals surface area contributed by atoms with E-state index in [2.05, 4.69) is 15.1 Å². The molecule has 0 atom stereocenters. The Hall–Kier alpha value is -1.56. The molecule has 2 N–H and O–H groups in total. The average molecular weight is 249 g/mol. The smallest absolute Gasteiger partial charge is 0.186 e. The molecule has 0 bridgehead atoms. The third kappa shape index (κ3) is 2.41. The highest BCUT2D eigenvalue weighted by molar-refractivity contribution is 7.98. The molecule has 2 aromatic rings. The Kier molecular flexibility index (Phi) is 3.33. The van der Waals surface area contributed by atoms with E-state index in [1.807, 2.05) is 27.1 Å². The van der Waals surface area contributed by atoms with Crippen molar-refractivity contribution in [2.75, 3.05) is 5.73 Å². The van der Waals surface area contributed by atoms with Crippen LogP contribution < -0.4 is 5.73 Å². The van der Waals surface area contributed by atoms with Crippen molar-refractivity contribution < 1.29 is 0 Å². The normalized spacial score (nSPS) is 10.8. The second-order valence-electron chi connectivity index (χ2n) is 3.88. The van der Waals surface area contributed by atoms with Crippen LogP contribution in [0.25, 0.3) is 0 Å². The first-order chi connectivity index (χ1) is 8.09. The van der Waals surface area contributed by atoms with Crippen LogP contribution in [-0.4, -0.2) is 19.7 Å². The molecule has 2 rings (SSSR count). The maximum atomic E-state index is 5.98. The van der Waals surface area contributed by atoms with Gasteiger partial charge in [-0.3, -0.25) is 4.98 Å². The minimum Gasteiger partial charge on any atom is -0.398 e. The molecule has 0 radical (unpaired) electrons. The van der Waals surface area contributed by atoms with Gasteiger partial charge in [0.25, 0.3) is 0 Å². The van der Waals surface area contributed by atoms with Gasteiger partial charge in [-0.1, -0.05) is 11.8 Å². The second-order valence-corrected chi connectivity index (χ2v) is 4.82. The van der Waals surface area contributed by atoms with E-state index in [-0.39, 0.29) is 0 Å². The van der Waals surface area contributed by atoms with Gasteiger partial charge in [-0.25, -0.2) is 9.67 Å². The van der Waals surface area contributed by atoms with Gasteiger partial charge >= 0.3 is 0 Å². The largest absolute Gasteiger partial charge is 0.398 e. The topological polar surface area (TPSA) is 69.6 Å². The van der Waals surface area contributed by atoms with Gasteiger partial charge in [-0.15, -0.1) is 0 Å². The molecule has 17 heavy (non-hydrogen) atoms. The first-order valence-electron chi connectivity index (χ1n) is 5.27. The Morgan fingerprint density at radius 1 is 1.35 bits per heavy atom. The number of thioether (sulfide) groups is 1. The predicted molar refractivity (Wildman–Crippen MR) is 68.7 cm³/mol. The van der Waals surface area contributed by atoms with Gasteiger partial charge in [0.05, 0.1) is 5.69 Å². The summed E-state index contributed by atoms with van der Waals surface area (Å²) in [5, 5.41) is 4.90. The summed E-state index contributed by atoms with van der Waals surface area (Å²) in [5.74, 6) is 0.753. The zero-order valence-corrected chi connectivity index (χ0v) is 11.0. The number of aryl methyl sites for hydroxylation is 2. The van der Waals surface area contributed by atoms with Crippen molar-refractivity contribution in [2.24, 2.45) is 7.05 Å². The van der Waals surface area contributed by atoms with Crippen LogP contribution in [0.5, 0.6) is 0 Å². The summed E-state index contributed by atoms with van der Waals surface area (Å²) in [6.45, 7) is 3.97. The SMILES string of the molecule is Cc1cnc(CSc2ncnn2C)c(C)c1N. The number of nitrogen functional groups attached to an aromatic ring is 1. The van der Waals surface area contributed by atoms with E-state index in [0.717, 1.165) is 33.4 Å². The van der Waals surface area contributed by atoms with Gasteiger partial charge in [0.2, 0.25) is 0 Å². The fourth-order valence-electron chi connectivity index (χ4n) is 1.49. The lowest BCUT2D eigenvalue weighted by molar-refractivity contribution is 0.685. The van der Waals surface area contributed by atoms with Gasteiger partial charge in [0, 0.05) is 24.7 Å². The molecule has 0 aliphatic rings. The summed E-state index contributed by atoms with van der Waals surface area (Å²) in [7, 11) is 1.87. The number of anilines is 1. The zero-order valence-electron chi connectivity index (χ0n) is 10.1. The van der Waals surface area contributed by atoms with E-state index in [1.165, 1.54) is 0 Å². The van der Waals surface area contributed by atoms with Crippen LogP contribution in [0, 0.1) is 13.8 Å². The first kappa shape index (κ1) is 11.9. The summed E-state index contributed by atoms with van der Waals surface area (Å²) in [5.41, 5.74) is 9.89. The van der Waals surface area contributed by atoms with Crippen LogP contribution in [-0.2, 0) is 12.8 Å². The molecular weight excluding hydrogens is 234 g/mol. The van der Waals surface area contributed by atoms with Crippen LogP contribution in [0.4, 0.5) is 5.69 Å². The number of hydrogen-bond acceptors (Lipinski definition) is 5. The second kappa shape index (κ2) is 4.75. The van der Waals surface area contributed by atoms with E-state index in [0.29, 0.717) is 0 Å². The van der Waals surface area contributed by atoms with Gasteiger partial charge in [0.1, 0.15) is 6.33 Å². The molecule has 2 aromatic heterocycles. The standard InChI is InChI=1S/C11H15N5S/c1-7-4-13-9(8(2)10(7)12)5-17-11-14-6-15-16(11)3/h4,6H,5H2,1-3H3,(H2,12,13). The monoisotopic (exact) mass is 249 g/mol. The van der Waals surface area contributed by atoms with Crippen molar-refractivity contribution >= 4 is 17.4 Å². The Balaban J connectivity index is 2.15. The molecule has 2 heterocycles. The Bertz CT molecular complexity index is 535. The van der Waals surface area contributed by atoms with Gasteiger partial charge in [0.15, 0.2) is 5.16 Å². The first-order valence-corrected chi connectivity index (χ1v) is 6.25. The summed E-state index contributed by atoms with van der Waals surface area (Å²) in [4.78, 5) is 8.57. The van der Waals surface area contributed by atoms with E-state index in [1.54, 1.807) is 22.8 Å². The third-order valence-electron chi connectivity index (χ3n) is 2.68. The lowest BCUT2D eigenvalue weighted by atomic mass is 10.1. The molecular formula is C11H15N5S. The van der Waals surface area contributed by atoms with E-state index in [9.17, 15) is 0 Å². The average Bonchev–Trinajstić information content (AvgIpc) is 2.71. The molecule has 0 saturated carbocycles. The quantitative estimate of drug-likeness (QED) is 0.838. The number of nitrogens with two attached hydrogens (primary N) is 1. The minimum absolute atomic E-state index is 0.753. The van der Waals surface area contributed by atoms with Crippen LogP contribution in [0.2, 0.25) is 0 Å². The lowest BCUT2D eigenvalue weighted by Gasteiger charge is -2.09. The van der Waals surface area contributed by atoms with E-state index in [4.69, 9.17) is 5.73 Å². The minimum atomic E-state index is 0.753. The molecule has 0 spiro atoms. The van der Waals surface area contributed by atoms with Gasteiger partial charge < -0.3 is 5.73 Å². The summed E-state index contributed by atoms with van der Waals surface area (Å²) in [6, 6.07) is 0. The highest BCUT2D eigenvalue weighted by atomic mass is 32.2. The molecule has 0 aromatic carbocycles. The van der Waals surface area contributed by atoms with Crippen molar-refractivity contribution in [3.63, 3.8) is 0 Å². The van der Waals surface area contributed by atoms with Gasteiger partial charge in [-0.05, 0) is 25.0 Å². The molecule has 5 nitrogen and oxygen atoms in total. The van der Waals surface area contributed by atoms with Crippen LogP contribution in [0.1, 0.15) is 16.8 Å². The molecule has 0 fully saturated rings. The van der Waals surface area contributed by atoms with E-state index >= 15 is 0 Å².